The molecule has 0 amide bonds. The molecule has 1 aliphatic heterocycles. The number of nitrogens with zero attached hydrogens (tertiary/aromatic N) is 1. The predicted molar refractivity (Wildman–Crippen MR) is 170 cm³/mol. The number of benzene rings is 5. The SMILES string of the molecule is C=C(c1ccccc1N=C(C)c1ccc(B2OC(C)(C)C(C)(C)O2)cc1)c1cc2ccccc2c2ccccc12. The number of hydrogen-bond acceptors (Lipinski definition) is 3. The summed E-state index contributed by atoms with van der Waals surface area (Å²) < 4.78 is 12.5. The highest BCUT2D eigenvalue weighted by Gasteiger charge is 2.51. The zero-order valence-corrected chi connectivity index (χ0v) is 23.9. The van der Waals surface area contributed by atoms with Crippen LogP contribution < -0.4 is 5.46 Å². The van der Waals surface area contributed by atoms with Gasteiger partial charge in [0, 0.05) is 11.3 Å². The number of aliphatic imine (C=N–C) groups is 1. The molecule has 3 nitrogen and oxygen atoms in total. The molecule has 0 atom stereocenters. The molecule has 40 heavy (non-hydrogen) atoms. The Kier molecular flexibility index (Phi) is 6.49. The van der Waals surface area contributed by atoms with Gasteiger partial charge in [0.15, 0.2) is 0 Å². The summed E-state index contributed by atoms with van der Waals surface area (Å²) in [6, 6.07) is 35.9. The summed E-state index contributed by atoms with van der Waals surface area (Å²) in [5.74, 6) is 0. The summed E-state index contributed by atoms with van der Waals surface area (Å²) in [6.45, 7) is 14.9. The molecule has 0 saturated carbocycles. The van der Waals surface area contributed by atoms with Crippen LogP contribution in [0, 0.1) is 0 Å². The minimum atomic E-state index is -0.378. The highest BCUT2D eigenvalue weighted by Crippen LogP contribution is 2.38. The molecule has 0 bridgehead atoms. The van der Waals surface area contributed by atoms with Crippen molar-refractivity contribution in [1.29, 1.82) is 0 Å². The summed E-state index contributed by atoms with van der Waals surface area (Å²) in [7, 11) is -0.378. The van der Waals surface area contributed by atoms with Gasteiger partial charge < -0.3 is 9.31 Å². The van der Waals surface area contributed by atoms with Gasteiger partial charge in [0.2, 0.25) is 0 Å². The van der Waals surface area contributed by atoms with Crippen molar-refractivity contribution < 1.29 is 9.31 Å². The first-order valence-electron chi connectivity index (χ1n) is 13.8. The van der Waals surface area contributed by atoms with Crippen molar-refractivity contribution in [2.24, 2.45) is 4.99 Å². The molecule has 0 unspecified atom stereocenters. The topological polar surface area (TPSA) is 30.8 Å². The van der Waals surface area contributed by atoms with Crippen molar-refractivity contribution in [2.75, 3.05) is 0 Å². The van der Waals surface area contributed by atoms with Gasteiger partial charge in [-0.2, -0.15) is 0 Å². The second-order valence-electron chi connectivity index (χ2n) is 11.6. The van der Waals surface area contributed by atoms with Crippen molar-refractivity contribution in [3.63, 3.8) is 0 Å². The van der Waals surface area contributed by atoms with E-state index in [0.717, 1.165) is 39.1 Å². The Morgan fingerprint density at radius 2 is 1.25 bits per heavy atom. The molecule has 1 fully saturated rings. The van der Waals surface area contributed by atoms with Crippen molar-refractivity contribution in [2.45, 2.75) is 45.8 Å². The van der Waals surface area contributed by atoms with Crippen molar-refractivity contribution >= 4 is 51.1 Å². The fourth-order valence-electron chi connectivity index (χ4n) is 5.38. The molecule has 5 aromatic rings. The molecule has 5 aromatic carbocycles. The van der Waals surface area contributed by atoms with E-state index in [-0.39, 0.29) is 18.3 Å². The Morgan fingerprint density at radius 3 is 1.95 bits per heavy atom. The van der Waals surface area contributed by atoms with Crippen LogP contribution in [0.5, 0.6) is 0 Å². The van der Waals surface area contributed by atoms with Crippen LogP contribution in [-0.2, 0) is 9.31 Å². The van der Waals surface area contributed by atoms with E-state index in [9.17, 15) is 0 Å². The normalized spacial score (nSPS) is 16.5. The van der Waals surface area contributed by atoms with Crippen molar-refractivity contribution in [3.8, 4) is 0 Å². The van der Waals surface area contributed by atoms with Crippen LogP contribution in [-0.4, -0.2) is 24.0 Å². The molecule has 0 aliphatic carbocycles. The molecule has 4 heteroatoms. The summed E-state index contributed by atoms with van der Waals surface area (Å²) in [4.78, 5) is 5.08. The second kappa shape index (κ2) is 9.89. The number of hydrogen-bond donors (Lipinski definition) is 0. The Labute approximate surface area is 237 Å². The molecule has 1 saturated heterocycles. The second-order valence-corrected chi connectivity index (χ2v) is 11.6. The zero-order chi connectivity index (χ0) is 28.1. The molecule has 198 valence electrons. The molecule has 1 aliphatic rings. The number of para-hydroxylation sites is 1. The lowest BCUT2D eigenvalue weighted by molar-refractivity contribution is 0.00578. The third kappa shape index (κ3) is 4.58. The van der Waals surface area contributed by atoms with Gasteiger partial charge in [-0.3, -0.25) is 4.99 Å². The Morgan fingerprint density at radius 1 is 0.675 bits per heavy atom. The maximum absolute atomic E-state index is 6.23. The fourth-order valence-corrected chi connectivity index (χ4v) is 5.38. The lowest BCUT2D eigenvalue weighted by Crippen LogP contribution is -2.41. The Balaban J connectivity index is 1.34. The van der Waals surface area contributed by atoms with Gasteiger partial charge in [0.05, 0.1) is 16.9 Å². The van der Waals surface area contributed by atoms with E-state index >= 15 is 0 Å². The first kappa shape index (κ1) is 26.2. The zero-order valence-electron chi connectivity index (χ0n) is 23.9. The Hall–Kier alpha value is -3.99. The van der Waals surface area contributed by atoms with E-state index in [0.29, 0.717) is 0 Å². The monoisotopic (exact) mass is 523 g/mol. The summed E-state index contributed by atoms with van der Waals surface area (Å²) in [5.41, 5.74) is 6.28. The maximum atomic E-state index is 6.23. The van der Waals surface area contributed by atoms with Crippen molar-refractivity contribution in [3.05, 3.63) is 126 Å². The van der Waals surface area contributed by atoms with Gasteiger partial charge in [0.25, 0.3) is 0 Å². The van der Waals surface area contributed by atoms with Crippen molar-refractivity contribution in [1.82, 2.24) is 0 Å². The van der Waals surface area contributed by atoms with E-state index in [1.165, 1.54) is 21.5 Å². The third-order valence-corrected chi connectivity index (χ3v) is 8.46. The van der Waals surface area contributed by atoms with Gasteiger partial charge in [-0.25, -0.2) is 0 Å². The van der Waals surface area contributed by atoms with Crippen LogP contribution >= 0.6 is 0 Å². The summed E-state index contributed by atoms with van der Waals surface area (Å²) in [6.07, 6.45) is 0. The maximum Gasteiger partial charge on any atom is 0.494 e. The smallest absolute Gasteiger partial charge is 0.399 e. The number of rotatable bonds is 5. The van der Waals surface area contributed by atoms with Crippen LogP contribution in [0.2, 0.25) is 0 Å². The molecular weight excluding hydrogens is 489 g/mol. The third-order valence-electron chi connectivity index (χ3n) is 8.46. The lowest BCUT2D eigenvalue weighted by atomic mass is 9.78. The average molecular weight is 523 g/mol. The summed E-state index contributed by atoms with van der Waals surface area (Å²) >= 11 is 0. The number of fused-ring (bicyclic) bond motifs is 3. The quantitative estimate of drug-likeness (QED) is 0.131. The lowest BCUT2D eigenvalue weighted by Gasteiger charge is -2.32. The van der Waals surface area contributed by atoms with E-state index in [1.54, 1.807) is 0 Å². The van der Waals surface area contributed by atoms with Crippen LogP contribution in [0.4, 0.5) is 5.69 Å². The first-order chi connectivity index (χ1) is 19.1. The standard InChI is InChI=1S/C36H34BNO2/c1-24(33-23-27-13-7-8-15-30(27)31-16-9-10-17-32(31)33)29-14-11-12-18-34(29)38-25(2)26-19-21-28(22-20-26)37-39-35(3,4)36(5,6)40-37/h7-23H,1H2,2-6H3. The summed E-state index contributed by atoms with van der Waals surface area (Å²) in [5, 5.41) is 4.88. The minimum Gasteiger partial charge on any atom is -0.399 e. The van der Waals surface area contributed by atoms with Crippen LogP contribution in [0.3, 0.4) is 0 Å². The predicted octanol–water partition coefficient (Wildman–Crippen LogP) is 8.49. The fraction of sp³-hybridized carbons (Fsp3) is 0.194. The van der Waals surface area contributed by atoms with Gasteiger partial charge in [-0.15, -0.1) is 0 Å². The van der Waals surface area contributed by atoms with Gasteiger partial charge in [-0.1, -0.05) is 97.6 Å². The van der Waals surface area contributed by atoms with Crippen LogP contribution in [0.25, 0.3) is 27.1 Å². The molecular formula is C36H34BNO2. The first-order valence-corrected chi connectivity index (χ1v) is 13.8. The highest BCUT2D eigenvalue weighted by molar-refractivity contribution is 6.62. The molecule has 0 radical (unpaired) electrons. The average Bonchev–Trinajstić information content (AvgIpc) is 3.18. The van der Waals surface area contributed by atoms with E-state index in [4.69, 9.17) is 14.3 Å². The van der Waals surface area contributed by atoms with Gasteiger partial charge in [0.1, 0.15) is 0 Å². The molecule has 6 rings (SSSR count). The molecule has 0 N–H and O–H groups in total. The van der Waals surface area contributed by atoms with E-state index in [2.05, 4.69) is 138 Å². The Bertz CT molecular complexity index is 1770. The van der Waals surface area contributed by atoms with Crippen LogP contribution in [0.1, 0.15) is 51.3 Å². The molecule has 0 aromatic heterocycles. The van der Waals surface area contributed by atoms with E-state index in [1.807, 2.05) is 6.07 Å². The highest BCUT2D eigenvalue weighted by atomic mass is 16.7. The molecule has 0 spiro atoms. The van der Waals surface area contributed by atoms with Gasteiger partial charge in [-0.05, 0) is 90.5 Å². The largest absolute Gasteiger partial charge is 0.494 e. The minimum absolute atomic E-state index is 0.365. The molecule has 1 heterocycles. The van der Waals surface area contributed by atoms with Gasteiger partial charge >= 0.3 is 7.12 Å². The van der Waals surface area contributed by atoms with Crippen LogP contribution in [0.15, 0.2) is 115 Å². The van der Waals surface area contributed by atoms with E-state index < -0.39 is 0 Å².